The molecule has 1 aliphatic rings. The molecule has 0 aromatic heterocycles. The van der Waals surface area contributed by atoms with Gasteiger partial charge in [-0.15, -0.1) is 0 Å². The summed E-state index contributed by atoms with van der Waals surface area (Å²) in [5, 5.41) is 0. The summed E-state index contributed by atoms with van der Waals surface area (Å²) in [6.07, 6.45) is -0.116. The predicted octanol–water partition coefficient (Wildman–Crippen LogP) is 11.0. The molecule has 0 spiro atoms. The number of allylic oxidation sites excluding steroid dienone is 2. The summed E-state index contributed by atoms with van der Waals surface area (Å²) in [4.78, 5) is 0. The molecule has 1 heterocycles. The van der Waals surface area contributed by atoms with Crippen LogP contribution in [0.5, 0.6) is 5.75 Å². The van der Waals surface area contributed by atoms with Crippen LogP contribution in [0.4, 0.5) is 39.5 Å². The fourth-order valence-electron chi connectivity index (χ4n) is 5.68. The fourth-order valence-corrected chi connectivity index (χ4v) is 5.68. The predicted molar refractivity (Wildman–Crippen MR) is 166 cm³/mol. The van der Waals surface area contributed by atoms with E-state index in [2.05, 4.69) is 10.8 Å². The molecule has 4 rings (SSSR count). The highest BCUT2D eigenvalue weighted by atomic mass is 19.4. The zero-order chi connectivity index (χ0) is 35.6. The second kappa shape index (κ2) is 17.4. The number of hydrogen-bond donors (Lipinski definition) is 0. The minimum atomic E-state index is -5.19. The zero-order valence-electron chi connectivity index (χ0n) is 27.0. The van der Waals surface area contributed by atoms with Crippen LogP contribution in [0.3, 0.4) is 0 Å². The lowest BCUT2D eigenvalue weighted by Crippen LogP contribution is -2.31. The van der Waals surface area contributed by atoms with Crippen LogP contribution in [0.2, 0.25) is 0 Å². The van der Waals surface area contributed by atoms with Crippen LogP contribution < -0.4 is 4.74 Å². The van der Waals surface area contributed by atoms with Gasteiger partial charge in [-0.25, -0.2) is 17.6 Å². The Kier molecular flexibility index (Phi) is 13.6. The Hall–Kier alpha value is -3.51. The van der Waals surface area contributed by atoms with Gasteiger partial charge in [-0.2, -0.15) is 22.0 Å². The van der Waals surface area contributed by atoms with Crippen molar-refractivity contribution in [2.45, 2.75) is 89.7 Å². The van der Waals surface area contributed by atoms with Crippen molar-refractivity contribution < 1.29 is 53.7 Å². The number of rotatable bonds is 16. The van der Waals surface area contributed by atoms with Gasteiger partial charge >= 0.3 is 12.3 Å². The Morgan fingerprint density at radius 1 is 0.714 bits per heavy atom. The van der Waals surface area contributed by atoms with Gasteiger partial charge in [0.1, 0.15) is 34.6 Å². The van der Waals surface area contributed by atoms with Crippen molar-refractivity contribution in [3.8, 4) is 5.75 Å². The molecule has 0 unspecified atom stereocenters. The molecule has 0 amide bonds. The summed E-state index contributed by atoms with van der Waals surface area (Å²) in [7, 11) is 0. The maximum absolute atomic E-state index is 14.9. The number of aryl methyl sites for hydroxylation is 2. The lowest BCUT2D eigenvalue weighted by molar-refractivity contribution is -0.204. The molecule has 3 nitrogen and oxygen atoms in total. The Morgan fingerprint density at radius 2 is 1.29 bits per heavy atom. The van der Waals surface area contributed by atoms with Gasteiger partial charge < -0.3 is 14.2 Å². The van der Waals surface area contributed by atoms with Gasteiger partial charge in [0.05, 0.1) is 18.8 Å². The molecule has 268 valence electrons. The molecule has 49 heavy (non-hydrogen) atoms. The maximum Gasteiger partial charge on any atom is 0.426 e. The van der Waals surface area contributed by atoms with E-state index in [0.29, 0.717) is 49.8 Å². The fraction of sp³-hybridized carbons (Fsp3) is 0.459. The molecule has 1 saturated heterocycles. The van der Waals surface area contributed by atoms with E-state index in [1.807, 2.05) is 13.0 Å². The number of benzene rings is 3. The van der Waals surface area contributed by atoms with E-state index in [4.69, 9.17) is 9.47 Å². The molecule has 0 saturated carbocycles. The first-order valence-corrected chi connectivity index (χ1v) is 16.3. The van der Waals surface area contributed by atoms with Crippen molar-refractivity contribution in [1.29, 1.82) is 0 Å². The number of alkyl halides is 5. The topological polar surface area (TPSA) is 27.7 Å². The highest BCUT2D eigenvalue weighted by Gasteiger charge is 2.38. The second-order valence-corrected chi connectivity index (χ2v) is 12.2. The van der Waals surface area contributed by atoms with Crippen LogP contribution >= 0.6 is 0 Å². The minimum Gasteiger partial charge on any atom is -0.429 e. The smallest absolute Gasteiger partial charge is 0.426 e. The molecule has 0 radical (unpaired) electrons. The monoisotopic (exact) mass is 702 g/mol. The molecule has 3 aromatic rings. The van der Waals surface area contributed by atoms with Crippen LogP contribution in [0.15, 0.2) is 60.7 Å². The summed E-state index contributed by atoms with van der Waals surface area (Å²) in [5.74, 6) is -6.08. The van der Waals surface area contributed by atoms with Gasteiger partial charge in [-0.3, -0.25) is 0 Å². The Morgan fingerprint density at radius 3 is 1.88 bits per heavy atom. The molecule has 1 aliphatic heterocycles. The highest BCUT2D eigenvalue weighted by Crippen LogP contribution is 2.35. The Bertz CT molecular complexity index is 1480. The SMILES string of the molecule is C/C=C/CCC1COC(CCCCc2ccc(C(F)(F)Oc3cc(F)c(CCCCc4cc(F)c(C(F)(F)F)c(F)c4)c(F)c3)cc2)OC1. The molecule has 3 aromatic carbocycles. The summed E-state index contributed by atoms with van der Waals surface area (Å²) >= 11 is 0. The minimum absolute atomic E-state index is 0.0488. The summed E-state index contributed by atoms with van der Waals surface area (Å²) in [6.45, 7) is 3.34. The Balaban J connectivity index is 1.21. The van der Waals surface area contributed by atoms with Crippen LogP contribution in [-0.2, 0) is 41.0 Å². The van der Waals surface area contributed by atoms with Crippen LogP contribution in [0.25, 0.3) is 0 Å². The van der Waals surface area contributed by atoms with Crippen LogP contribution in [-0.4, -0.2) is 19.5 Å². The van der Waals surface area contributed by atoms with Gasteiger partial charge in [0, 0.05) is 23.6 Å². The van der Waals surface area contributed by atoms with Gasteiger partial charge in [-0.05, 0) is 107 Å². The molecular formula is C37H39F9O3. The third-order valence-electron chi connectivity index (χ3n) is 8.35. The second-order valence-electron chi connectivity index (χ2n) is 12.2. The van der Waals surface area contributed by atoms with Crippen molar-refractivity contribution in [2.75, 3.05) is 13.2 Å². The maximum atomic E-state index is 14.9. The molecule has 0 bridgehead atoms. The first-order chi connectivity index (χ1) is 23.3. The zero-order valence-corrected chi connectivity index (χ0v) is 27.0. The van der Waals surface area contributed by atoms with E-state index in [1.54, 1.807) is 12.1 Å². The van der Waals surface area contributed by atoms with Gasteiger partial charge in [-0.1, -0.05) is 24.3 Å². The lowest BCUT2D eigenvalue weighted by atomic mass is 10.0. The largest absolute Gasteiger partial charge is 0.429 e. The van der Waals surface area contributed by atoms with Crippen molar-refractivity contribution in [3.05, 3.63) is 112 Å². The van der Waals surface area contributed by atoms with Crippen molar-refractivity contribution >= 4 is 0 Å². The van der Waals surface area contributed by atoms with E-state index in [9.17, 15) is 39.5 Å². The van der Waals surface area contributed by atoms with Crippen molar-refractivity contribution in [2.24, 2.45) is 5.92 Å². The number of unbranched alkanes of at least 4 members (excludes halogenated alkanes) is 2. The average molecular weight is 703 g/mol. The molecule has 1 fully saturated rings. The lowest BCUT2D eigenvalue weighted by Gasteiger charge is -2.29. The van der Waals surface area contributed by atoms with Crippen molar-refractivity contribution in [1.82, 2.24) is 0 Å². The van der Waals surface area contributed by atoms with E-state index < -0.39 is 58.0 Å². The number of halogens is 9. The number of hydrogen-bond acceptors (Lipinski definition) is 3. The molecule has 0 atom stereocenters. The first-order valence-electron chi connectivity index (χ1n) is 16.3. The third-order valence-corrected chi connectivity index (χ3v) is 8.35. The van der Waals surface area contributed by atoms with E-state index in [-0.39, 0.29) is 37.5 Å². The molecule has 12 heteroatoms. The van der Waals surface area contributed by atoms with E-state index in [1.165, 1.54) is 12.1 Å². The van der Waals surface area contributed by atoms with Gasteiger partial charge in [0.2, 0.25) is 0 Å². The summed E-state index contributed by atoms with van der Waals surface area (Å²) in [5.41, 5.74) is -2.10. The first kappa shape index (κ1) is 38.3. The average Bonchev–Trinajstić information content (AvgIpc) is 3.02. The molecule has 0 N–H and O–H groups in total. The highest BCUT2D eigenvalue weighted by molar-refractivity contribution is 5.33. The Labute approximate surface area is 280 Å². The molecular weight excluding hydrogens is 663 g/mol. The normalized spacial score (nSPS) is 17.2. The van der Waals surface area contributed by atoms with Crippen molar-refractivity contribution in [3.63, 3.8) is 0 Å². The van der Waals surface area contributed by atoms with E-state index >= 15 is 0 Å². The summed E-state index contributed by atoms with van der Waals surface area (Å²) in [6, 6.07) is 7.92. The summed E-state index contributed by atoms with van der Waals surface area (Å²) < 4.78 is 141. The quantitative estimate of drug-likeness (QED) is 0.0845. The van der Waals surface area contributed by atoms with Gasteiger partial charge in [0.25, 0.3) is 0 Å². The van der Waals surface area contributed by atoms with Crippen LogP contribution in [0, 0.1) is 29.2 Å². The number of ether oxygens (including phenoxy) is 3. The van der Waals surface area contributed by atoms with Crippen LogP contribution in [0.1, 0.15) is 79.7 Å². The third kappa shape index (κ3) is 11.3. The van der Waals surface area contributed by atoms with Gasteiger partial charge in [0.15, 0.2) is 6.29 Å². The standard InChI is InChI=1S/C37H39F9O3/c1-2-3-4-11-26-22-47-34(48-23-26)13-8-6-9-24-14-16-27(17-15-24)37(45,46)49-28-20-30(38)29(31(39)21-28)12-7-5-10-25-18-32(40)35(33(41)19-25)36(42,43)44/h2-3,14-21,26,34H,4-13,22-23H2,1H3/b3-2+. The van der Waals surface area contributed by atoms with E-state index in [0.717, 1.165) is 37.7 Å². The molecule has 0 aliphatic carbocycles.